The number of hydrogen-bond donors (Lipinski definition) is 0. The van der Waals surface area contributed by atoms with E-state index in [1.165, 1.54) is 31.3 Å². The third kappa shape index (κ3) is 5.39. The highest BCUT2D eigenvalue weighted by atomic mass is 14.3. The van der Waals surface area contributed by atoms with Crippen molar-refractivity contribution in [1.29, 1.82) is 0 Å². The summed E-state index contributed by atoms with van der Waals surface area (Å²) in [6.07, 6.45) is 6.61. The van der Waals surface area contributed by atoms with Crippen molar-refractivity contribution in [1.82, 2.24) is 0 Å². The SMILES string of the molecule is C=C(CC)C(C(C)C)C(C)CCCCC. The summed E-state index contributed by atoms with van der Waals surface area (Å²) >= 11 is 0. The summed E-state index contributed by atoms with van der Waals surface area (Å²) in [5.74, 6) is 2.28. The first-order chi connectivity index (χ1) is 7.04. The lowest BCUT2D eigenvalue weighted by molar-refractivity contribution is 0.290. The molecule has 0 bridgehead atoms. The van der Waals surface area contributed by atoms with Crippen LogP contribution in [-0.4, -0.2) is 0 Å². The van der Waals surface area contributed by atoms with Crippen LogP contribution in [0, 0.1) is 17.8 Å². The van der Waals surface area contributed by atoms with E-state index in [1.54, 1.807) is 0 Å². The van der Waals surface area contributed by atoms with Crippen molar-refractivity contribution >= 4 is 0 Å². The van der Waals surface area contributed by atoms with Crippen molar-refractivity contribution in [3.63, 3.8) is 0 Å². The van der Waals surface area contributed by atoms with Gasteiger partial charge in [-0.05, 0) is 24.2 Å². The topological polar surface area (TPSA) is 0 Å². The molecule has 0 fully saturated rings. The van der Waals surface area contributed by atoms with E-state index in [0.717, 1.165) is 24.2 Å². The first-order valence-electron chi connectivity index (χ1n) is 6.72. The third-order valence-corrected chi connectivity index (χ3v) is 3.52. The summed E-state index contributed by atoms with van der Waals surface area (Å²) in [6.45, 7) is 15.8. The fraction of sp³-hybridized carbons (Fsp3) is 0.867. The Kier molecular flexibility index (Phi) is 7.82. The molecule has 0 nitrogen and oxygen atoms in total. The van der Waals surface area contributed by atoms with Crippen LogP contribution in [-0.2, 0) is 0 Å². The smallest absolute Gasteiger partial charge is 0.0157 e. The van der Waals surface area contributed by atoms with E-state index in [2.05, 4.69) is 41.2 Å². The summed E-state index contributed by atoms with van der Waals surface area (Å²) < 4.78 is 0. The van der Waals surface area contributed by atoms with E-state index in [9.17, 15) is 0 Å². The van der Waals surface area contributed by atoms with Crippen molar-refractivity contribution in [2.45, 2.75) is 66.7 Å². The van der Waals surface area contributed by atoms with Gasteiger partial charge >= 0.3 is 0 Å². The van der Waals surface area contributed by atoms with Crippen LogP contribution in [0.4, 0.5) is 0 Å². The van der Waals surface area contributed by atoms with Crippen molar-refractivity contribution in [3.05, 3.63) is 12.2 Å². The Morgan fingerprint density at radius 3 is 2.07 bits per heavy atom. The molecule has 0 N–H and O–H groups in total. The zero-order valence-corrected chi connectivity index (χ0v) is 11.5. The molecule has 0 saturated carbocycles. The molecule has 15 heavy (non-hydrogen) atoms. The highest BCUT2D eigenvalue weighted by Crippen LogP contribution is 2.32. The molecule has 0 aromatic rings. The van der Waals surface area contributed by atoms with Gasteiger partial charge in [0.1, 0.15) is 0 Å². The van der Waals surface area contributed by atoms with Crippen LogP contribution in [0.1, 0.15) is 66.7 Å². The number of allylic oxidation sites excluding steroid dienone is 1. The fourth-order valence-corrected chi connectivity index (χ4v) is 2.66. The van der Waals surface area contributed by atoms with E-state index >= 15 is 0 Å². The fourth-order valence-electron chi connectivity index (χ4n) is 2.66. The number of hydrogen-bond acceptors (Lipinski definition) is 0. The molecule has 0 aromatic carbocycles. The van der Waals surface area contributed by atoms with Crippen LogP contribution >= 0.6 is 0 Å². The van der Waals surface area contributed by atoms with Crippen molar-refractivity contribution in [2.75, 3.05) is 0 Å². The quantitative estimate of drug-likeness (QED) is 0.369. The molecule has 2 atom stereocenters. The summed E-state index contributed by atoms with van der Waals surface area (Å²) in [5, 5.41) is 0. The van der Waals surface area contributed by atoms with Gasteiger partial charge in [-0.1, -0.05) is 72.5 Å². The Balaban J connectivity index is 4.17. The zero-order chi connectivity index (χ0) is 11.8. The second kappa shape index (κ2) is 7.96. The van der Waals surface area contributed by atoms with Gasteiger partial charge in [-0.2, -0.15) is 0 Å². The van der Waals surface area contributed by atoms with Gasteiger partial charge in [0.25, 0.3) is 0 Å². The zero-order valence-electron chi connectivity index (χ0n) is 11.5. The Labute approximate surface area is 97.2 Å². The van der Waals surface area contributed by atoms with E-state index in [-0.39, 0.29) is 0 Å². The first-order valence-corrected chi connectivity index (χ1v) is 6.72. The Bertz CT molecular complexity index is 167. The van der Waals surface area contributed by atoms with Gasteiger partial charge in [-0.15, -0.1) is 0 Å². The minimum absolute atomic E-state index is 0.729. The molecule has 0 heteroatoms. The van der Waals surface area contributed by atoms with Crippen LogP contribution in [0.25, 0.3) is 0 Å². The summed E-state index contributed by atoms with van der Waals surface area (Å²) in [6, 6.07) is 0. The van der Waals surface area contributed by atoms with Gasteiger partial charge in [0.15, 0.2) is 0 Å². The van der Waals surface area contributed by atoms with Gasteiger partial charge < -0.3 is 0 Å². The standard InChI is InChI=1S/C15H30/c1-7-9-10-11-14(6)15(12(3)4)13(5)8-2/h12,14-15H,5,7-11H2,1-4,6H3. The highest BCUT2D eigenvalue weighted by molar-refractivity contribution is 5.02. The van der Waals surface area contributed by atoms with Crippen LogP contribution in [0.2, 0.25) is 0 Å². The molecular formula is C15H30. The average molecular weight is 210 g/mol. The molecule has 2 unspecified atom stereocenters. The molecule has 0 aromatic heterocycles. The van der Waals surface area contributed by atoms with Crippen LogP contribution in [0.15, 0.2) is 12.2 Å². The molecule has 90 valence electrons. The predicted octanol–water partition coefficient (Wildman–Crippen LogP) is 5.44. The Morgan fingerprint density at radius 1 is 1.07 bits per heavy atom. The molecule has 0 radical (unpaired) electrons. The van der Waals surface area contributed by atoms with Gasteiger partial charge in [0.2, 0.25) is 0 Å². The second-order valence-corrected chi connectivity index (χ2v) is 5.25. The van der Waals surface area contributed by atoms with E-state index in [4.69, 9.17) is 0 Å². The molecule has 0 heterocycles. The van der Waals surface area contributed by atoms with Gasteiger partial charge in [0.05, 0.1) is 0 Å². The van der Waals surface area contributed by atoms with Gasteiger partial charge in [-0.25, -0.2) is 0 Å². The molecule has 0 amide bonds. The lowest BCUT2D eigenvalue weighted by Gasteiger charge is -2.29. The van der Waals surface area contributed by atoms with Crippen LogP contribution in [0.3, 0.4) is 0 Å². The molecule has 0 aliphatic heterocycles. The summed E-state index contributed by atoms with van der Waals surface area (Å²) in [4.78, 5) is 0. The minimum atomic E-state index is 0.729. The van der Waals surface area contributed by atoms with Crippen molar-refractivity contribution < 1.29 is 0 Å². The summed E-state index contributed by atoms with van der Waals surface area (Å²) in [5.41, 5.74) is 1.45. The Morgan fingerprint density at radius 2 is 1.67 bits per heavy atom. The molecular weight excluding hydrogens is 180 g/mol. The molecule has 0 aliphatic rings. The minimum Gasteiger partial charge on any atom is -0.0996 e. The van der Waals surface area contributed by atoms with E-state index < -0.39 is 0 Å². The normalized spacial score (nSPS) is 15.3. The predicted molar refractivity (Wildman–Crippen MR) is 71.1 cm³/mol. The average Bonchev–Trinajstić information content (AvgIpc) is 2.17. The number of rotatable bonds is 8. The maximum atomic E-state index is 4.24. The molecule has 0 aliphatic carbocycles. The Hall–Kier alpha value is -0.260. The van der Waals surface area contributed by atoms with E-state index in [0.29, 0.717) is 0 Å². The van der Waals surface area contributed by atoms with Gasteiger partial charge in [-0.3, -0.25) is 0 Å². The summed E-state index contributed by atoms with van der Waals surface area (Å²) in [7, 11) is 0. The van der Waals surface area contributed by atoms with Crippen molar-refractivity contribution in [2.24, 2.45) is 17.8 Å². The molecule has 0 spiro atoms. The molecule has 0 rings (SSSR count). The van der Waals surface area contributed by atoms with Gasteiger partial charge in [0, 0.05) is 0 Å². The lowest BCUT2D eigenvalue weighted by atomic mass is 9.76. The second-order valence-electron chi connectivity index (χ2n) is 5.25. The first kappa shape index (κ1) is 14.7. The maximum Gasteiger partial charge on any atom is -0.0157 e. The highest BCUT2D eigenvalue weighted by Gasteiger charge is 2.22. The van der Waals surface area contributed by atoms with Crippen LogP contribution < -0.4 is 0 Å². The van der Waals surface area contributed by atoms with Crippen LogP contribution in [0.5, 0.6) is 0 Å². The molecule has 0 saturated heterocycles. The van der Waals surface area contributed by atoms with Crippen molar-refractivity contribution in [3.8, 4) is 0 Å². The third-order valence-electron chi connectivity index (χ3n) is 3.52. The number of unbranched alkanes of at least 4 members (excludes halogenated alkanes) is 2. The lowest BCUT2D eigenvalue weighted by Crippen LogP contribution is -2.19. The maximum absolute atomic E-state index is 4.24. The monoisotopic (exact) mass is 210 g/mol. The largest absolute Gasteiger partial charge is 0.0996 e. The van der Waals surface area contributed by atoms with E-state index in [1.807, 2.05) is 0 Å².